The predicted octanol–water partition coefficient (Wildman–Crippen LogP) is 4.55. The molecule has 0 N–H and O–H groups in total. The standard InChI is InChI=1S/C23H17ClN2O5/c1-12(22(27)29-2)19-15-8-10-17(13-4-6-14(7-5-13)23(28)30-3)25-20(15)31-21-16(19)9-11-18(24)26-21/h4-11,19H,1H2,2-3H3. The lowest BCUT2D eigenvalue weighted by atomic mass is 9.85. The smallest absolute Gasteiger partial charge is 0.337 e. The molecule has 1 unspecified atom stereocenters. The van der Waals surface area contributed by atoms with Gasteiger partial charge in [-0.15, -0.1) is 0 Å². The van der Waals surface area contributed by atoms with Crippen molar-refractivity contribution in [2.24, 2.45) is 0 Å². The fourth-order valence-corrected chi connectivity index (χ4v) is 3.56. The number of carbonyl (C=O) groups excluding carboxylic acids is 2. The Bertz CT molecular complexity index is 1210. The zero-order chi connectivity index (χ0) is 22.1. The van der Waals surface area contributed by atoms with Gasteiger partial charge in [-0.3, -0.25) is 0 Å². The van der Waals surface area contributed by atoms with Crippen LogP contribution in [0.4, 0.5) is 0 Å². The second-order valence-electron chi connectivity index (χ2n) is 6.74. The van der Waals surface area contributed by atoms with Crippen molar-refractivity contribution in [2.75, 3.05) is 14.2 Å². The minimum atomic E-state index is -0.542. The van der Waals surface area contributed by atoms with E-state index in [2.05, 4.69) is 16.5 Å². The number of halogens is 1. The van der Waals surface area contributed by atoms with Crippen molar-refractivity contribution >= 4 is 23.5 Å². The number of fused-ring (bicyclic) bond motifs is 2. The van der Waals surface area contributed by atoms with E-state index in [0.29, 0.717) is 22.4 Å². The van der Waals surface area contributed by atoms with E-state index in [1.54, 1.807) is 42.5 Å². The molecule has 0 amide bonds. The summed E-state index contributed by atoms with van der Waals surface area (Å²) in [7, 11) is 2.63. The lowest BCUT2D eigenvalue weighted by molar-refractivity contribution is -0.136. The number of nitrogens with zero attached hydrogens (tertiary/aromatic N) is 2. The number of hydrogen-bond donors (Lipinski definition) is 0. The highest BCUT2D eigenvalue weighted by molar-refractivity contribution is 6.29. The van der Waals surface area contributed by atoms with E-state index in [1.807, 2.05) is 6.07 Å². The van der Waals surface area contributed by atoms with Gasteiger partial charge in [0.25, 0.3) is 0 Å². The third kappa shape index (κ3) is 3.75. The third-order valence-electron chi connectivity index (χ3n) is 4.96. The fourth-order valence-electron chi connectivity index (χ4n) is 3.42. The molecule has 0 saturated carbocycles. The minimum Gasteiger partial charge on any atom is -0.466 e. The SMILES string of the molecule is C=C(C(=O)OC)C1c2ccc(Cl)nc2Oc2nc(-c3ccc(C(=O)OC)cc3)ccc21. The topological polar surface area (TPSA) is 87.6 Å². The van der Waals surface area contributed by atoms with Crippen LogP contribution in [0.2, 0.25) is 5.15 Å². The predicted molar refractivity (Wildman–Crippen MR) is 113 cm³/mol. The van der Waals surface area contributed by atoms with Gasteiger partial charge >= 0.3 is 11.9 Å². The first-order chi connectivity index (χ1) is 14.9. The Labute approximate surface area is 183 Å². The third-order valence-corrected chi connectivity index (χ3v) is 5.17. The number of pyridine rings is 2. The maximum absolute atomic E-state index is 12.2. The molecule has 1 atom stereocenters. The van der Waals surface area contributed by atoms with E-state index in [4.69, 9.17) is 25.8 Å². The van der Waals surface area contributed by atoms with Gasteiger partial charge < -0.3 is 14.2 Å². The van der Waals surface area contributed by atoms with Gasteiger partial charge in [-0.1, -0.05) is 36.4 Å². The van der Waals surface area contributed by atoms with Crippen LogP contribution in [0, 0.1) is 0 Å². The highest BCUT2D eigenvalue weighted by atomic mass is 35.5. The van der Waals surface area contributed by atoms with Crippen LogP contribution in [0.25, 0.3) is 11.3 Å². The molecule has 3 aromatic rings. The summed E-state index contributed by atoms with van der Waals surface area (Å²) in [6.07, 6.45) is 0. The van der Waals surface area contributed by atoms with Crippen molar-refractivity contribution in [3.05, 3.63) is 82.5 Å². The summed E-state index contributed by atoms with van der Waals surface area (Å²) in [5, 5.41) is 0.249. The zero-order valence-corrected chi connectivity index (χ0v) is 17.5. The summed E-state index contributed by atoms with van der Waals surface area (Å²) in [6.45, 7) is 3.92. The zero-order valence-electron chi connectivity index (χ0n) is 16.7. The second-order valence-corrected chi connectivity index (χ2v) is 7.13. The molecule has 0 radical (unpaired) electrons. The Morgan fingerprint density at radius 1 is 0.935 bits per heavy atom. The molecule has 31 heavy (non-hydrogen) atoms. The molecular formula is C23H17ClN2O5. The number of esters is 2. The second kappa shape index (κ2) is 8.20. The number of methoxy groups -OCH3 is 2. The lowest BCUT2D eigenvalue weighted by Crippen LogP contribution is -2.19. The number of ether oxygens (including phenoxy) is 3. The van der Waals surface area contributed by atoms with Gasteiger partial charge in [0.05, 0.1) is 31.4 Å². The van der Waals surface area contributed by atoms with Gasteiger partial charge in [-0.2, -0.15) is 0 Å². The molecule has 1 aromatic carbocycles. The fraction of sp³-hybridized carbons (Fsp3) is 0.130. The maximum atomic E-state index is 12.2. The Kier molecular flexibility index (Phi) is 5.44. The number of aromatic nitrogens is 2. The van der Waals surface area contributed by atoms with Gasteiger partial charge in [0.2, 0.25) is 11.8 Å². The van der Waals surface area contributed by atoms with E-state index in [1.165, 1.54) is 14.2 Å². The summed E-state index contributed by atoms with van der Waals surface area (Å²) < 4.78 is 15.5. The first-order valence-electron chi connectivity index (χ1n) is 9.24. The average molecular weight is 437 g/mol. The van der Waals surface area contributed by atoms with Crippen LogP contribution in [-0.4, -0.2) is 36.1 Å². The first-order valence-corrected chi connectivity index (χ1v) is 9.61. The molecule has 4 rings (SSSR count). The van der Waals surface area contributed by atoms with Crippen LogP contribution < -0.4 is 4.74 Å². The van der Waals surface area contributed by atoms with E-state index in [0.717, 1.165) is 5.56 Å². The van der Waals surface area contributed by atoms with Crippen LogP contribution in [-0.2, 0) is 14.3 Å². The number of rotatable bonds is 4. The monoisotopic (exact) mass is 436 g/mol. The highest BCUT2D eigenvalue weighted by Gasteiger charge is 2.34. The summed E-state index contributed by atoms with van der Waals surface area (Å²) in [5.41, 5.74) is 3.35. The molecular weight excluding hydrogens is 420 g/mol. The molecule has 0 spiro atoms. The van der Waals surface area contributed by atoms with Crippen LogP contribution >= 0.6 is 11.6 Å². The molecule has 2 aromatic heterocycles. The van der Waals surface area contributed by atoms with E-state index in [-0.39, 0.29) is 22.5 Å². The van der Waals surface area contributed by atoms with Crippen molar-refractivity contribution in [3.63, 3.8) is 0 Å². The number of carbonyl (C=O) groups is 2. The van der Waals surface area contributed by atoms with Gasteiger partial charge in [0, 0.05) is 22.3 Å². The van der Waals surface area contributed by atoms with Gasteiger partial charge in [-0.05, 0) is 30.3 Å². The lowest BCUT2D eigenvalue weighted by Gasteiger charge is -2.27. The van der Waals surface area contributed by atoms with Gasteiger partial charge in [-0.25, -0.2) is 19.6 Å². The van der Waals surface area contributed by atoms with E-state index >= 15 is 0 Å². The maximum Gasteiger partial charge on any atom is 0.337 e. The Morgan fingerprint density at radius 2 is 1.58 bits per heavy atom. The molecule has 3 heterocycles. The molecule has 0 bridgehead atoms. The largest absolute Gasteiger partial charge is 0.466 e. The Morgan fingerprint density at radius 3 is 2.23 bits per heavy atom. The molecule has 0 saturated heterocycles. The van der Waals surface area contributed by atoms with Crippen LogP contribution in [0.5, 0.6) is 11.8 Å². The van der Waals surface area contributed by atoms with Crippen LogP contribution in [0.1, 0.15) is 27.4 Å². The van der Waals surface area contributed by atoms with Gasteiger partial charge in [0.1, 0.15) is 5.15 Å². The Hall–Kier alpha value is -3.71. The summed E-state index contributed by atoms with van der Waals surface area (Å²) >= 11 is 6.04. The summed E-state index contributed by atoms with van der Waals surface area (Å²) in [5.74, 6) is -0.968. The number of benzene rings is 1. The van der Waals surface area contributed by atoms with E-state index < -0.39 is 17.9 Å². The quantitative estimate of drug-likeness (QED) is 0.337. The molecule has 1 aliphatic heterocycles. The highest BCUT2D eigenvalue weighted by Crippen LogP contribution is 2.46. The van der Waals surface area contributed by atoms with Crippen LogP contribution in [0.3, 0.4) is 0 Å². The summed E-state index contributed by atoms with van der Waals surface area (Å²) in [6, 6.07) is 13.8. The molecule has 1 aliphatic rings. The molecule has 7 nitrogen and oxygen atoms in total. The van der Waals surface area contributed by atoms with Crippen molar-refractivity contribution in [1.82, 2.24) is 9.97 Å². The minimum absolute atomic E-state index is 0.231. The molecule has 8 heteroatoms. The van der Waals surface area contributed by atoms with Crippen molar-refractivity contribution in [2.45, 2.75) is 5.92 Å². The molecule has 0 aliphatic carbocycles. The van der Waals surface area contributed by atoms with Gasteiger partial charge in [0.15, 0.2) is 0 Å². The van der Waals surface area contributed by atoms with E-state index in [9.17, 15) is 9.59 Å². The first kappa shape index (κ1) is 20.6. The van der Waals surface area contributed by atoms with Crippen molar-refractivity contribution in [3.8, 4) is 23.0 Å². The Balaban J connectivity index is 1.78. The molecule has 0 fully saturated rings. The molecule has 156 valence electrons. The van der Waals surface area contributed by atoms with Crippen molar-refractivity contribution < 1.29 is 23.8 Å². The normalized spacial score (nSPS) is 14.0. The van der Waals surface area contributed by atoms with Crippen LogP contribution in [0.15, 0.2) is 60.7 Å². The average Bonchev–Trinajstić information content (AvgIpc) is 2.80. The summed E-state index contributed by atoms with van der Waals surface area (Å²) in [4.78, 5) is 32.7. The van der Waals surface area contributed by atoms with Crippen molar-refractivity contribution in [1.29, 1.82) is 0 Å². The number of hydrogen-bond acceptors (Lipinski definition) is 7.